The van der Waals surface area contributed by atoms with Gasteiger partial charge in [-0.05, 0) is 64.7 Å². The number of aromatic amines is 1. The topological polar surface area (TPSA) is 128 Å². The Bertz CT molecular complexity index is 1730. The zero-order chi connectivity index (χ0) is 25.8. The van der Waals surface area contributed by atoms with Crippen LogP contribution in [0.25, 0.3) is 28.2 Å². The minimum atomic E-state index is -0.228. The van der Waals surface area contributed by atoms with Gasteiger partial charge in [-0.2, -0.15) is 4.68 Å². The molecular weight excluding hydrogens is 506 g/mol. The second-order valence-corrected chi connectivity index (χ2v) is 9.93. The first kappa shape index (κ1) is 22.7. The molecule has 0 unspecified atom stereocenters. The summed E-state index contributed by atoms with van der Waals surface area (Å²) < 4.78 is 9.07. The Labute approximate surface area is 221 Å². The molecule has 0 spiro atoms. The van der Waals surface area contributed by atoms with Crippen molar-refractivity contribution in [3.05, 3.63) is 81.9 Å². The number of hydrogen-bond donors (Lipinski definition) is 2. The number of ether oxygens (including phenoxy) is 1. The number of benzene rings is 1. The van der Waals surface area contributed by atoms with Crippen molar-refractivity contribution >= 4 is 17.3 Å². The fraction of sp³-hybridized carbons (Fsp3) is 0.231. The summed E-state index contributed by atoms with van der Waals surface area (Å²) in [5.41, 5.74) is 5.46. The number of imidazole rings is 1. The first-order valence-electron chi connectivity index (χ1n) is 12.3. The Kier molecular flexibility index (Phi) is 5.25. The molecule has 1 aromatic carbocycles. The van der Waals surface area contributed by atoms with E-state index in [1.165, 1.54) is 6.33 Å². The molecule has 0 saturated carbocycles. The maximum atomic E-state index is 13.6. The summed E-state index contributed by atoms with van der Waals surface area (Å²) >= 11 is 6.33. The minimum absolute atomic E-state index is 0.112. The van der Waals surface area contributed by atoms with E-state index < -0.39 is 0 Å². The van der Waals surface area contributed by atoms with Crippen LogP contribution in [-0.2, 0) is 6.42 Å². The molecule has 11 nitrogen and oxygen atoms in total. The molecule has 2 aliphatic rings. The van der Waals surface area contributed by atoms with E-state index in [1.807, 2.05) is 34.9 Å². The highest BCUT2D eigenvalue weighted by Crippen LogP contribution is 2.37. The van der Waals surface area contributed by atoms with Gasteiger partial charge in [-0.25, -0.2) is 9.97 Å². The average Bonchev–Trinajstić information content (AvgIpc) is 3.68. The van der Waals surface area contributed by atoms with Gasteiger partial charge in [-0.15, -0.1) is 5.10 Å². The second kappa shape index (κ2) is 8.80. The van der Waals surface area contributed by atoms with Gasteiger partial charge in [-0.3, -0.25) is 4.79 Å². The lowest BCUT2D eigenvalue weighted by Crippen LogP contribution is -2.25. The van der Waals surface area contributed by atoms with Crippen molar-refractivity contribution in [3.8, 4) is 34.1 Å². The highest BCUT2D eigenvalue weighted by molar-refractivity contribution is 6.31. The predicted octanol–water partition coefficient (Wildman–Crippen LogP) is 3.52. The first-order chi connectivity index (χ1) is 18.5. The van der Waals surface area contributed by atoms with Crippen molar-refractivity contribution in [1.29, 1.82) is 0 Å². The van der Waals surface area contributed by atoms with Gasteiger partial charge in [-0.1, -0.05) is 18.5 Å². The molecule has 38 heavy (non-hydrogen) atoms. The van der Waals surface area contributed by atoms with Crippen molar-refractivity contribution in [2.45, 2.75) is 19.4 Å². The van der Waals surface area contributed by atoms with Gasteiger partial charge >= 0.3 is 0 Å². The molecule has 0 saturated heterocycles. The van der Waals surface area contributed by atoms with Crippen LogP contribution < -0.4 is 15.6 Å². The number of fused-ring (bicyclic) bond motifs is 2. The number of hydrogen-bond acceptors (Lipinski definition) is 8. The molecule has 5 aromatic rings. The molecule has 0 fully saturated rings. The second-order valence-electron chi connectivity index (χ2n) is 9.49. The van der Waals surface area contributed by atoms with Gasteiger partial charge in [0, 0.05) is 28.9 Å². The summed E-state index contributed by atoms with van der Waals surface area (Å²) in [4.78, 5) is 26.3. The standard InChI is InChI=1S/C26H22ClN9O2/c1-14-8-17-9-15(18-11-16(27)2-5-22(18)35-13-30-33-34-35)10-23(37)36(17)24(14)25-29-12-21(31-25)19-3-4-20-26(32-19)38-7-6-28-20/h2-5,9-14,24,28H,6-8H2,1H3,(H,29,31)/t14-,24-/m0/s1. The van der Waals surface area contributed by atoms with Crippen molar-refractivity contribution < 1.29 is 4.74 Å². The largest absolute Gasteiger partial charge is 0.474 e. The summed E-state index contributed by atoms with van der Waals surface area (Å²) in [6.07, 6.45) is 4.00. The number of tetrazole rings is 1. The molecule has 2 atom stereocenters. The number of halogens is 1. The lowest BCUT2D eigenvalue weighted by Gasteiger charge is -2.18. The van der Waals surface area contributed by atoms with Gasteiger partial charge in [0.2, 0.25) is 5.88 Å². The van der Waals surface area contributed by atoms with Crippen LogP contribution in [0.15, 0.2) is 59.8 Å². The van der Waals surface area contributed by atoms with Gasteiger partial charge in [0.05, 0.1) is 35.0 Å². The molecular formula is C26H22ClN9O2. The molecule has 190 valence electrons. The number of rotatable bonds is 4. The molecule has 0 aliphatic carbocycles. The Hall–Kier alpha value is -4.51. The van der Waals surface area contributed by atoms with E-state index in [0.717, 1.165) is 58.4 Å². The quantitative estimate of drug-likeness (QED) is 0.363. The van der Waals surface area contributed by atoms with Crippen molar-refractivity contribution in [2.75, 3.05) is 18.5 Å². The molecule has 12 heteroatoms. The van der Waals surface area contributed by atoms with E-state index in [1.54, 1.807) is 23.0 Å². The molecule has 2 N–H and O–H groups in total. The van der Waals surface area contributed by atoms with Crippen molar-refractivity contribution in [1.82, 2.24) is 39.7 Å². The minimum Gasteiger partial charge on any atom is -0.474 e. The summed E-state index contributed by atoms with van der Waals surface area (Å²) in [5, 5.41) is 15.3. The third-order valence-electron chi connectivity index (χ3n) is 7.03. The lowest BCUT2D eigenvalue weighted by molar-refractivity contribution is 0.311. The van der Waals surface area contributed by atoms with Crippen LogP contribution in [0.3, 0.4) is 0 Å². The van der Waals surface area contributed by atoms with Crippen LogP contribution in [0.4, 0.5) is 5.69 Å². The van der Waals surface area contributed by atoms with E-state index in [2.05, 4.69) is 42.7 Å². The Morgan fingerprint density at radius 2 is 2.08 bits per heavy atom. The summed E-state index contributed by atoms with van der Waals surface area (Å²) in [7, 11) is 0. The molecule has 0 radical (unpaired) electrons. The van der Waals surface area contributed by atoms with Gasteiger partial charge in [0.15, 0.2) is 0 Å². The Morgan fingerprint density at radius 3 is 2.95 bits per heavy atom. The molecule has 6 heterocycles. The van der Waals surface area contributed by atoms with Crippen molar-refractivity contribution in [3.63, 3.8) is 0 Å². The predicted molar refractivity (Wildman–Crippen MR) is 141 cm³/mol. The van der Waals surface area contributed by atoms with Crippen LogP contribution in [0, 0.1) is 5.92 Å². The van der Waals surface area contributed by atoms with Gasteiger partial charge in [0.1, 0.15) is 18.8 Å². The highest BCUT2D eigenvalue weighted by atomic mass is 35.5. The molecule has 0 amide bonds. The summed E-state index contributed by atoms with van der Waals surface area (Å²) in [6, 6.07) is 12.8. The summed E-state index contributed by atoms with van der Waals surface area (Å²) in [5.74, 6) is 1.45. The normalized spacial score (nSPS) is 17.9. The summed E-state index contributed by atoms with van der Waals surface area (Å²) in [6.45, 7) is 3.46. The van der Waals surface area contributed by atoms with Gasteiger partial charge in [0.25, 0.3) is 5.56 Å². The smallest absolute Gasteiger partial charge is 0.252 e. The Morgan fingerprint density at radius 1 is 1.16 bits per heavy atom. The fourth-order valence-corrected chi connectivity index (χ4v) is 5.52. The van der Waals surface area contributed by atoms with Gasteiger partial charge < -0.3 is 19.6 Å². The monoisotopic (exact) mass is 527 g/mol. The number of pyridine rings is 2. The number of nitrogens with one attached hydrogen (secondary N) is 2. The van der Waals surface area contributed by atoms with Crippen LogP contribution in [0.2, 0.25) is 5.02 Å². The third kappa shape index (κ3) is 3.74. The Balaban J connectivity index is 1.26. The number of aromatic nitrogens is 8. The zero-order valence-corrected chi connectivity index (χ0v) is 21.1. The molecule has 0 bridgehead atoms. The molecule has 2 aliphatic heterocycles. The molecule has 7 rings (SSSR count). The average molecular weight is 528 g/mol. The van der Waals surface area contributed by atoms with E-state index in [0.29, 0.717) is 17.5 Å². The first-order valence-corrected chi connectivity index (χ1v) is 12.6. The van der Waals surface area contributed by atoms with Crippen molar-refractivity contribution in [2.24, 2.45) is 5.92 Å². The zero-order valence-electron chi connectivity index (χ0n) is 20.3. The van der Waals surface area contributed by atoms with Crippen LogP contribution in [0.1, 0.15) is 24.5 Å². The maximum Gasteiger partial charge on any atom is 0.252 e. The van der Waals surface area contributed by atoms with Crippen LogP contribution in [0.5, 0.6) is 5.88 Å². The van der Waals surface area contributed by atoms with Crippen LogP contribution >= 0.6 is 11.6 Å². The number of anilines is 1. The third-order valence-corrected chi connectivity index (χ3v) is 7.26. The fourth-order valence-electron chi connectivity index (χ4n) is 5.35. The van der Waals surface area contributed by atoms with Crippen LogP contribution in [-0.4, -0.2) is 52.9 Å². The van der Waals surface area contributed by atoms with E-state index in [-0.39, 0.29) is 17.5 Å². The van der Waals surface area contributed by atoms with E-state index in [4.69, 9.17) is 16.3 Å². The number of H-pyrrole nitrogens is 1. The lowest BCUT2D eigenvalue weighted by atomic mass is 10.0. The molecule has 4 aromatic heterocycles. The number of nitrogens with zero attached hydrogens (tertiary/aromatic N) is 7. The maximum absolute atomic E-state index is 13.6. The highest BCUT2D eigenvalue weighted by Gasteiger charge is 2.34. The van der Waals surface area contributed by atoms with E-state index in [9.17, 15) is 4.79 Å². The van der Waals surface area contributed by atoms with E-state index >= 15 is 0 Å². The SMILES string of the molecule is C[C@H]1Cc2cc(-c3cc(Cl)ccc3-n3cnnn3)cc(=O)n2[C@@H]1c1ncc(-c2ccc3c(n2)OCCN3)[nH]1.